The Balaban J connectivity index is 1.88. The highest BCUT2D eigenvalue weighted by Gasteiger charge is 2.17. The van der Waals surface area contributed by atoms with Crippen LogP contribution in [0.5, 0.6) is 0 Å². The van der Waals surface area contributed by atoms with E-state index in [-0.39, 0.29) is 16.5 Å². The van der Waals surface area contributed by atoms with Crippen LogP contribution in [0.3, 0.4) is 0 Å². The van der Waals surface area contributed by atoms with E-state index in [4.69, 9.17) is 0 Å². The van der Waals surface area contributed by atoms with E-state index in [9.17, 15) is 10.1 Å². The van der Waals surface area contributed by atoms with Gasteiger partial charge in [0.05, 0.1) is 4.92 Å². The van der Waals surface area contributed by atoms with Crippen molar-refractivity contribution in [3.8, 4) is 0 Å². The molecule has 0 fully saturated rings. The summed E-state index contributed by atoms with van der Waals surface area (Å²) in [6.07, 6.45) is 2.53. The van der Waals surface area contributed by atoms with Gasteiger partial charge >= 0.3 is 5.69 Å². The molecule has 0 atom stereocenters. The van der Waals surface area contributed by atoms with Crippen LogP contribution in [0, 0.1) is 10.1 Å². The van der Waals surface area contributed by atoms with Crippen LogP contribution in [0.2, 0.25) is 0 Å². The Morgan fingerprint density at radius 2 is 1.12 bits per heavy atom. The Labute approximate surface area is 190 Å². The summed E-state index contributed by atoms with van der Waals surface area (Å²) in [5.41, 5.74) is 4.88. The molecule has 0 radical (unpaired) electrons. The molecule has 1 heterocycles. The van der Waals surface area contributed by atoms with Gasteiger partial charge in [0.15, 0.2) is 0 Å². The third kappa shape index (κ3) is 5.90. The molecule has 32 heavy (non-hydrogen) atoms. The van der Waals surface area contributed by atoms with Crippen LogP contribution in [0.15, 0.2) is 60.9 Å². The molecule has 6 heteroatoms. The van der Waals surface area contributed by atoms with E-state index < -0.39 is 4.92 Å². The van der Waals surface area contributed by atoms with E-state index in [0.29, 0.717) is 19.0 Å². The van der Waals surface area contributed by atoms with Crippen LogP contribution < -0.4 is 4.90 Å². The number of rotatable bonds is 6. The van der Waals surface area contributed by atoms with Crippen molar-refractivity contribution in [3.63, 3.8) is 0 Å². The minimum Gasteiger partial charge on any atom is -0.332 e. The molecule has 0 unspecified atom stereocenters. The van der Waals surface area contributed by atoms with Gasteiger partial charge in [-0.15, -0.1) is 0 Å². The smallest absolute Gasteiger partial charge is 0.305 e. The van der Waals surface area contributed by atoms with Gasteiger partial charge in [-0.25, -0.2) is 9.97 Å². The molecule has 3 aromatic rings. The van der Waals surface area contributed by atoms with E-state index in [2.05, 4.69) is 100 Å². The van der Waals surface area contributed by atoms with Gasteiger partial charge in [0.25, 0.3) is 0 Å². The topological polar surface area (TPSA) is 72.2 Å². The fourth-order valence-electron chi connectivity index (χ4n) is 3.43. The van der Waals surface area contributed by atoms with Gasteiger partial charge in [-0.1, -0.05) is 90.1 Å². The SMILES string of the molecule is CC(C)(C)c1ccc(CN(Cc2ccc(C(C)(C)C)cc2)c2ncc([N+](=O)[O-])cn2)cc1. The van der Waals surface area contributed by atoms with E-state index >= 15 is 0 Å². The Morgan fingerprint density at radius 3 is 1.44 bits per heavy atom. The molecule has 3 rings (SSSR count). The summed E-state index contributed by atoms with van der Waals surface area (Å²) < 4.78 is 0. The van der Waals surface area contributed by atoms with E-state index in [0.717, 1.165) is 11.1 Å². The van der Waals surface area contributed by atoms with Crippen LogP contribution in [0.4, 0.5) is 11.6 Å². The van der Waals surface area contributed by atoms with Crippen molar-refractivity contribution in [3.05, 3.63) is 93.3 Å². The van der Waals surface area contributed by atoms with Gasteiger partial charge in [0.2, 0.25) is 5.95 Å². The zero-order valence-electron chi connectivity index (χ0n) is 19.8. The molecule has 2 aromatic carbocycles. The number of aromatic nitrogens is 2. The maximum absolute atomic E-state index is 11.0. The van der Waals surface area contributed by atoms with E-state index in [1.54, 1.807) is 0 Å². The monoisotopic (exact) mass is 432 g/mol. The number of anilines is 1. The van der Waals surface area contributed by atoms with Crippen molar-refractivity contribution < 1.29 is 4.92 Å². The number of hydrogen-bond acceptors (Lipinski definition) is 5. The molecular formula is C26H32N4O2. The van der Waals surface area contributed by atoms with Crippen LogP contribution in [-0.4, -0.2) is 14.9 Å². The van der Waals surface area contributed by atoms with Crippen molar-refractivity contribution >= 4 is 11.6 Å². The minimum absolute atomic E-state index is 0.0918. The van der Waals surface area contributed by atoms with Gasteiger partial charge in [-0.05, 0) is 33.1 Å². The highest BCUT2D eigenvalue weighted by molar-refractivity contribution is 5.39. The van der Waals surface area contributed by atoms with Crippen LogP contribution >= 0.6 is 0 Å². The van der Waals surface area contributed by atoms with Crippen LogP contribution in [0.25, 0.3) is 0 Å². The maximum atomic E-state index is 11.0. The molecule has 0 saturated carbocycles. The standard InChI is InChI=1S/C26H32N4O2/c1-25(2,3)21-11-7-19(8-12-21)17-29(24-27-15-23(16-28-24)30(31)32)18-20-9-13-22(14-10-20)26(4,5)6/h7-16H,17-18H2,1-6H3. The lowest BCUT2D eigenvalue weighted by Gasteiger charge is -2.25. The summed E-state index contributed by atoms with van der Waals surface area (Å²) in [5.74, 6) is 0.468. The van der Waals surface area contributed by atoms with Gasteiger partial charge < -0.3 is 4.90 Å². The first-order valence-electron chi connectivity index (χ1n) is 10.8. The summed E-state index contributed by atoms with van der Waals surface area (Å²) in [7, 11) is 0. The molecular weight excluding hydrogens is 400 g/mol. The fraction of sp³-hybridized carbons (Fsp3) is 0.385. The van der Waals surface area contributed by atoms with Crippen molar-refractivity contribution in [1.29, 1.82) is 0 Å². The Morgan fingerprint density at radius 1 is 0.750 bits per heavy atom. The van der Waals surface area contributed by atoms with Crippen molar-refractivity contribution in [1.82, 2.24) is 9.97 Å². The second-order valence-electron chi connectivity index (χ2n) is 10.2. The molecule has 0 bridgehead atoms. The predicted molar refractivity (Wildman–Crippen MR) is 129 cm³/mol. The highest BCUT2D eigenvalue weighted by atomic mass is 16.6. The lowest BCUT2D eigenvalue weighted by molar-refractivity contribution is -0.385. The third-order valence-electron chi connectivity index (χ3n) is 5.51. The van der Waals surface area contributed by atoms with Gasteiger partial charge in [-0.3, -0.25) is 10.1 Å². The summed E-state index contributed by atoms with van der Waals surface area (Å²) in [5, 5.41) is 11.0. The lowest BCUT2D eigenvalue weighted by atomic mass is 9.86. The van der Waals surface area contributed by atoms with E-state index in [1.165, 1.54) is 23.5 Å². The quantitative estimate of drug-likeness (QED) is 0.343. The molecule has 0 spiro atoms. The first-order valence-corrected chi connectivity index (χ1v) is 10.8. The van der Waals surface area contributed by atoms with Crippen molar-refractivity contribution in [2.75, 3.05) is 4.90 Å². The maximum Gasteiger partial charge on any atom is 0.305 e. The molecule has 0 aliphatic heterocycles. The predicted octanol–water partition coefficient (Wildman–Crippen LogP) is 6.19. The molecule has 0 aliphatic rings. The molecule has 6 nitrogen and oxygen atoms in total. The fourth-order valence-corrected chi connectivity index (χ4v) is 3.43. The van der Waals surface area contributed by atoms with E-state index in [1.807, 2.05) is 4.90 Å². The third-order valence-corrected chi connectivity index (χ3v) is 5.51. The number of hydrogen-bond donors (Lipinski definition) is 0. The summed E-state index contributed by atoms with van der Waals surface area (Å²) in [6.45, 7) is 14.4. The Hall–Kier alpha value is -3.28. The number of nitro groups is 1. The zero-order valence-corrected chi connectivity index (χ0v) is 19.8. The van der Waals surface area contributed by atoms with Crippen molar-refractivity contribution in [2.24, 2.45) is 0 Å². The molecule has 0 aliphatic carbocycles. The van der Waals surface area contributed by atoms with Crippen LogP contribution in [0.1, 0.15) is 63.8 Å². The molecule has 168 valence electrons. The second-order valence-corrected chi connectivity index (χ2v) is 10.2. The summed E-state index contributed by atoms with van der Waals surface area (Å²) in [4.78, 5) is 21.1. The first kappa shape index (κ1) is 23.4. The van der Waals surface area contributed by atoms with Gasteiger partial charge in [0, 0.05) is 13.1 Å². The second kappa shape index (κ2) is 9.07. The summed E-state index contributed by atoms with van der Waals surface area (Å²) in [6, 6.07) is 17.1. The average molecular weight is 433 g/mol. The zero-order chi connectivity index (χ0) is 23.5. The number of benzene rings is 2. The van der Waals surface area contributed by atoms with Gasteiger partial charge in [0.1, 0.15) is 12.4 Å². The largest absolute Gasteiger partial charge is 0.332 e. The van der Waals surface area contributed by atoms with Crippen LogP contribution in [-0.2, 0) is 23.9 Å². The molecule has 0 saturated heterocycles. The Kier molecular flexibility index (Phi) is 6.63. The molecule has 0 N–H and O–H groups in total. The average Bonchev–Trinajstić information content (AvgIpc) is 2.73. The summed E-state index contributed by atoms with van der Waals surface area (Å²) >= 11 is 0. The normalized spacial score (nSPS) is 11.9. The number of nitrogens with zero attached hydrogens (tertiary/aromatic N) is 4. The highest BCUT2D eigenvalue weighted by Crippen LogP contribution is 2.25. The Bertz CT molecular complexity index is 986. The van der Waals surface area contributed by atoms with Crippen molar-refractivity contribution in [2.45, 2.75) is 65.5 Å². The minimum atomic E-state index is -0.482. The van der Waals surface area contributed by atoms with Gasteiger partial charge in [-0.2, -0.15) is 0 Å². The molecule has 1 aromatic heterocycles. The lowest BCUT2D eigenvalue weighted by Crippen LogP contribution is -2.24. The first-order chi connectivity index (χ1) is 14.9. The molecule has 0 amide bonds.